The Balaban J connectivity index is 2.11. The zero-order chi connectivity index (χ0) is 20.4. The molecule has 0 aliphatic carbocycles. The fraction of sp³-hybridized carbons (Fsp3) is 0.238. The summed E-state index contributed by atoms with van der Waals surface area (Å²) in [6.07, 6.45) is 0. The summed E-state index contributed by atoms with van der Waals surface area (Å²) in [6, 6.07) is 9.76. The van der Waals surface area contributed by atoms with Gasteiger partial charge in [-0.05, 0) is 43.7 Å². The first-order valence-electron chi connectivity index (χ1n) is 8.58. The molecule has 0 saturated heterocycles. The smallest absolute Gasteiger partial charge is 0.309 e. The third-order valence-corrected chi connectivity index (χ3v) is 4.68. The van der Waals surface area contributed by atoms with E-state index in [0.29, 0.717) is 27.5 Å². The van der Waals surface area contributed by atoms with Crippen LogP contribution in [0.2, 0.25) is 5.02 Å². The van der Waals surface area contributed by atoms with Crippen molar-refractivity contribution in [1.29, 1.82) is 0 Å². The van der Waals surface area contributed by atoms with Gasteiger partial charge in [-0.25, -0.2) is 0 Å². The first-order valence-corrected chi connectivity index (χ1v) is 8.96. The van der Waals surface area contributed by atoms with Crippen LogP contribution in [0.5, 0.6) is 11.5 Å². The van der Waals surface area contributed by atoms with Gasteiger partial charge in [-0.2, -0.15) is 0 Å². The highest BCUT2D eigenvalue weighted by Crippen LogP contribution is 2.37. The molecular formula is C21H19ClO6. The highest BCUT2D eigenvalue weighted by atomic mass is 35.5. The molecule has 0 spiro atoms. The number of aliphatic carboxylic acids is 1. The summed E-state index contributed by atoms with van der Waals surface area (Å²) in [5.74, 6) is -0.362. The summed E-state index contributed by atoms with van der Waals surface area (Å²) in [5.41, 5.74) is 1.32. The molecule has 7 heteroatoms. The third-order valence-electron chi connectivity index (χ3n) is 4.38. The predicted molar refractivity (Wildman–Crippen MR) is 107 cm³/mol. The second kappa shape index (κ2) is 7.94. The number of hydrogen-bond acceptors (Lipinski definition) is 5. The summed E-state index contributed by atoms with van der Waals surface area (Å²) in [4.78, 5) is 23.5. The van der Waals surface area contributed by atoms with Crippen molar-refractivity contribution in [2.24, 2.45) is 5.92 Å². The Morgan fingerprint density at radius 2 is 2.00 bits per heavy atom. The van der Waals surface area contributed by atoms with Crippen LogP contribution in [-0.4, -0.2) is 24.8 Å². The Bertz CT molecular complexity index is 1100. The van der Waals surface area contributed by atoms with Crippen molar-refractivity contribution in [2.75, 3.05) is 13.7 Å². The Kier molecular flexibility index (Phi) is 5.61. The van der Waals surface area contributed by atoms with Crippen LogP contribution < -0.4 is 14.9 Å². The number of hydrogen-bond donors (Lipinski definition) is 1. The molecule has 3 rings (SSSR count). The molecule has 28 heavy (non-hydrogen) atoms. The molecule has 0 amide bonds. The summed E-state index contributed by atoms with van der Waals surface area (Å²) in [7, 11) is 1.51. The van der Waals surface area contributed by atoms with E-state index in [1.165, 1.54) is 13.2 Å². The molecule has 6 nitrogen and oxygen atoms in total. The lowest BCUT2D eigenvalue weighted by molar-refractivity contribution is -0.142. The number of carbonyl (C=O) groups is 1. The highest BCUT2D eigenvalue weighted by molar-refractivity contribution is 6.34. The van der Waals surface area contributed by atoms with E-state index in [1.807, 2.05) is 6.92 Å². The molecule has 3 aromatic rings. The van der Waals surface area contributed by atoms with Gasteiger partial charge >= 0.3 is 5.97 Å². The number of rotatable bonds is 6. The SMILES string of the molecule is COc1cc(C)c(OCC(C)C(=O)O)cc1-c1cc(=O)c2cccc(Cl)c2o1. The van der Waals surface area contributed by atoms with E-state index >= 15 is 0 Å². The van der Waals surface area contributed by atoms with E-state index in [-0.39, 0.29) is 23.4 Å². The van der Waals surface area contributed by atoms with Crippen LogP contribution in [0.1, 0.15) is 12.5 Å². The number of fused-ring (bicyclic) bond motifs is 1. The average molecular weight is 403 g/mol. The number of benzene rings is 2. The van der Waals surface area contributed by atoms with E-state index < -0.39 is 11.9 Å². The van der Waals surface area contributed by atoms with Crippen molar-refractivity contribution in [2.45, 2.75) is 13.8 Å². The molecule has 1 heterocycles. The van der Waals surface area contributed by atoms with Gasteiger partial charge in [-0.3, -0.25) is 9.59 Å². The van der Waals surface area contributed by atoms with Crippen LogP contribution in [0.15, 0.2) is 45.6 Å². The number of para-hydroxylation sites is 1. The van der Waals surface area contributed by atoms with Crippen LogP contribution in [0.25, 0.3) is 22.3 Å². The van der Waals surface area contributed by atoms with Gasteiger partial charge in [0, 0.05) is 6.07 Å². The standard InChI is InChI=1S/C21H19ClO6/c1-11-7-18(26-3)14(8-17(11)27-10-12(2)21(24)25)19-9-16(23)13-5-4-6-15(22)20(13)28-19/h4-9,12H,10H2,1-3H3,(H,24,25). The molecular weight excluding hydrogens is 384 g/mol. The number of halogens is 1. The zero-order valence-electron chi connectivity index (χ0n) is 15.6. The van der Waals surface area contributed by atoms with Crippen LogP contribution in [0.4, 0.5) is 0 Å². The van der Waals surface area contributed by atoms with Crippen LogP contribution in [0, 0.1) is 12.8 Å². The summed E-state index contributed by atoms with van der Waals surface area (Å²) in [5, 5.41) is 9.75. The minimum atomic E-state index is -0.943. The van der Waals surface area contributed by atoms with Gasteiger partial charge in [-0.15, -0.1) is 0 Å². The Morgan fingerprint density at radius 3 is 2.68 bits per heavy atom. The number of carboxylic acid groups (broad SMARTS) is 1. The van der Waals surface area contributed by atoms with Crippen molar-refractivity contribution < 1.29 is 23.8 Å². The molecule has 0 saturated carbocycles. The minimum absolute atomic E-state index is 0.00936. The third kappa shape index (κ3) is 3.82. The van der Waals surface area contributed by atoms with E-state index in [1.54, 1.807) is 37.3 Å². The van der Waals surface area contributed by atoms with Gasteiger partial charge in [0.2, 0.25) is 0 Å². The van der Waals surface area contributed by atoms with Gasteiger partial charge < -0.3 is 19.0 Å². The molecule has 0 aliphatic rings. The summed E-state index contributed by atoms with van der Waals surface area (Å²) >= 11 is 6.19. The molecule has 2 aromatic carbocycles. The fourth-order valence-corrected chi connectivity index (χ4v) is 2.95. The van der Waals surface area contributed by atoms with Crippen molar-refractivity contribution >= 4 is 28.5 Å². The molecule has 1 atom stereocenters. The summed E-state index contributed by atoms with van der Waals surface area (Å²) in [6.45, 7) is 3.39. The molecule has 0 fully saturated rings. The van der Waals surface area contributed by atoms with E-state index in [0.717, 1.165) is 5.56 Å². The number of carboxylic acids is 1. The molecule has 0 radical (unpaired) electrons. The monoisotopic (exact) mass is 402 g/mol. The second-order valence-corrected chi connectivity index (χ2v) is 6.87. The summed E-state index contributed by atoms with van der Waals surface area (Å²) < 4.78 is 17.0. The van der Waals surface area contributed by atoms with Gasteiger partial charge in [0.25, 0.3) is 0 Å². The molecule has 146 valence electrons. The maximum atomic E-state index is 12.5. The van der Waals surface area contributed by atoms with E-state index in [4.69, 9.17) is 30.6 Å². The largest absolute Gasteiger partial charge is 0.496 e. The predicted octanol–water partition coefficient (Wildman–Crippen LogP) is 4.53. The second-order valence-electron chi connectivity index (χ2n) is 6.46. The van der Waals surface area contributed by atoms with Gasteiger partial charge in [-0.1, -0.05) is 17.7 Å². The van der Waals surface area contributed by atoms with E-state index in [2.05, 4.69) is 0 Å². The maximum Gasteiger partial charge on any atom is 0.309 e. The van der Waals surface area contributed by atoms with Crippen molar-refractivity contribution in [1.82, 2.24) is 0 Å². The van der Waals surface area contributed by atoms with Crippen LogP contribution in [0.3, 0.4) is 0 Å². The first kappa shape index (κ1) is 19.8. The molecule has 1 aromatic heterocycles. The quantitative estimate of drug-likeness (QED) is 0.651. The number of methoxy groups -OCH3 is 1. The van der Waals surface area contributed by atoms with Gasteiger partial charge in [0.15, 0.2) is 11.0 Å². The highest BCUT2D eigenvalue weighted by Gasteiger charge is 2.18. The zero-order valence-corrected chi connectivity index (χ0v) is 16.4. The minimum Gasteiger partial charge on any atom is -0.496 e. The van der Waals surface area contributed by atoms with Gasteiger partial charge in [0.1, 0.15) is 23.9 Å². The Labute approximate surface area is 166 Å². The molecule has 0 aliphatic heterocycles. The lowest BCUT2D eigenvalue weighted by Gasteiger charge is -2.16. The molecule has 1 unspecified atom stereocenters. The van der Waals surface area contributed by atoms with Crippen LogP contribution in [-0.2, 0) is 4.79 Å². The number of ether oxygens (including phenoxy) is 2. The number of aryl methyl sites for hydroxylation is 1. The maximum absolute atomic E-state index is 12.5. The fourth-order valence-electron chi connectivity index (χ4n) is 2.74. The van der Waals surface area contributed by atoms with Gasteiger partial charge in [0.05, 0.1) is 29.0 Å². The van der Waals surface area contributed by atoms with Crippen molar-refractivity contribution in [3.8, 4) is 22.8 Å². The Hall–Kier alpha value is -2.99. The molecule has 1 N–H and O–H groups in total. The lowest BCUT2D eigenvalue weighted by atomic mass is 10.1. The average Bonchev–Trinajstić information content (AvgIpc) is 2.67. The first-order chi connectivity index (χ1) is 13.3. The van der Waals surface area contributed by atoms with Crippen molar-refractivity contribution in [3.05, 3.63) is 57.2 Å². The van der Waals surface area contributed by atoms with Crippen molar-refractivity contribution in [3.63, 3.8) is 0 Å². The lowest BCUT2D eigenvalue weighted by Crippen LogP contribution is -2.18. The van der Waals surface area contributed by atoms with Crippen LogP contribution >= 0.6 is 11.6 Å². The topological polar surface area (TPSA) is 86.0 Å². The Morgan fingerprint density at radius 1 is 1.25 bits per heavy atom. The normalized spacial score (nSPS) is 12.0. The van der Waals surface area contributed by atoms with E-state index in [9.17, 15) is 9.59 Å². The molecule has 0 bridgehead atoms.